The average Bonchev–Trinajstić information content (AvgIpc) is 3.07. The first-order valence-corrected chi connectivity index (χ1v) is 11.7. The van der Waals surface area contributed by atoms with Gasteiger partial charge in [-0.05, 0) is 74.5 Å². The van der Waals surface area contributed by atoms with Gasteiger partial charge in [0.2, 0.25) is 11.1 Å². The van der Waals surface area contributed by atoms with Crippen molar-refractivity contribution in [2.75, 3.05) is 12.9 Å². The number of amides is 1. The van der Waals surface area contributed by atoms with Gasteiger partial charge >= 0.3 is 0 Å². The molecule has 4 aliphatic carbocycles. The third-order valence-corrected chi connectivity index (χ3v) is 8.02. The Hall–Kier alpha value is -2.35. The highest BCUT2D eigenvalue weighted by molar-refractivity contribution is 7.99. The smallest absolute Gasteiger partial charge is 0.230 e. The summed E-state index contributed by atoms with van der Waals surface area (Å²) in [5.41, 5.74) is 2.38. The van der Waals surface area contributed by atoms with Crippen LogP contribution in [0.4, 0.5) is 0 Å². The first-order valence-electron chi connectivity index (χ1n) is 10.7. The van der Waals surface area contributed by atoms with Gasteiger partial charge in [-0.3, -0.25) is 4.79 Å². The molecule has 0 saturated heterocycles. The second-order valence-corrected chi connectivity index (χ2v) is 10.3. The zero-order chi connectivity index (χ0) is 20.3. The van der Waals surface area contributed by atoms with Gasteiger partial charge in [-0.15, -0.1) is 10.2 Å². The van der Waals surface area contributed by atoms with E-state index in [0.29, 0.717) is 22.1 Å². The molecule has 2 N–H and O–H groups in total. The van der Waals surface area contributed by atoms with E-state index < -0.39 is 0 Å². The van der Waals surface area contributed by atoms with Crippen LogP contribution in [-0.2, 0) is 4.79 Å². The largest absolute Gasteiger partial charge is 0.497 e. The maximum atomic E-state index is 12.7. The first-order chi connectivity index (χ1) is 14.6. The lowest BCUT2D eigenvalue weighted by atomic mass is 9.53. The summed E-state index contributed by atoms with van der Waals surface area (Å²) in [7, 11) is 1.64. The summed E-state index contributed by atoms with van der Waals surface area (Å²) >= 11 is 1.35. The van der Waals surface area contributed by atoms with Gasteiger partial charge in [-0.1, -0.05) is 11.8 Å². The normalized spacial score (nSPS) is 29.6. The lowest BCUT2D eigenvalue weighted by molar-refractivity contribution is -0.124. The van der Waals surface area contributed by atoms with Crippen molar-refractivity contribution in [3.8, 4) is 5.75 Å². The van der Waals surface area contributed by atoms with Crippen molar-refractivity contribution in [3.05, 3.63) is 18.2 Å². The molecule has 0 aliphatic heterocycles. The molecule has 8 heteroatoms. The number of carbonyl (C=O) groups is 1. The van der Waals surface area contributed by atoms with Crippen molar-refractivity contribution in [1.29, 1.82) is 0 Å². The number of carbonyl (C=O) groups excluding carboxylic acids is 1. The van der Waals surface area contributed by atoms with Gasteiger partial charge in [0.15, 0.2) is 5.65 Å². The molecule has 3 aromatic rings. The number of benzene rings is 1. The molecule has 0 spiro atoms. The van der Waals surface area contributed by atoms with E-state index in [0.717, 1.165) is 34.4 Å². The summed E-state index contributed by atoms with van der Waals surface area (Å²) < 4.78 is 5.30. The van der Waals surface area contributed by atoms with Crippen LogP contribution in [0.15, 0.2) is 23.4 Å². The number of H-pyrrole nitrogens is 1. The quantitative estimate of drug-likeness (QED) is 0.608. The minimum atomic E-state index is 0.0473. The van der Waals surface area contributed by atoms with E-state index in [1.807, 2.05) is 18.2 Å². The van der Waals surface area contributed by atoms with Gasteiger partial charge < -0.3 is 15.0 Å². The Balaban J connectivity index is 1.15. The molecule has 0 unspecified atom stereocenters. The average molecular weight is 424 g/mol. The van der Waals surface area contributed by atoms with Gasteiger partial charge in [0.1, 0.15) is 11.3 Å². The molecule has 1 aromatic carbocycles. The minimum absolute atomic E-state index is 0.0473. The van der Waals surface area contributed by atoms with Crippen LogP contribution in [0, 0.1) is 17.8 Å². The second kappa shape index (κ2) is 6.83. The molecular formula is C22H25N5O2S. The summed E-state index contributed by atoms with van der Waals surface area (Å²) in [6, 6.07) is 5.77. The van der Waals surface area contributed by atoms with Crippen molar-refractivity contribution >= 4 is 39.7 Å². The number of nitrogens with one attached hydrogen (secondary N) is 2. The first kappa shape index (κ1) is 18.4. The van der Waals surface area contributed by atoms with Crippen molar-refractivity contribution < 1.29 is 9.53 Å². The maximum absolute atomic E-state index is 12.7. The fraction of sp³-hybridized carbons (Fsp3) is 0.545. The highest BCUT2D eigenvalue weighted by Crippen LogP contribution is 2.55. The molecule has 30 heavy (non-hydrogen) atoms. The van der Waals surface area contributed by atoms with Gasteiger partial charge in [0.25, 0.3) is 0 Å². The number of nitrogens with zero attached hydrogens (tertiary/aromatic N) is 3. The number of thioether (sulfide) groups is 1. The van der Waals surface area contributed by atoms with Crippen LogP contribution >= 0.6 is 11.8 Å². The van der Waals surface area contributed by atoms with Gasteiger partial charge in [0.05, 0.1) is 12.9 Å². The van der Waals surface area contributed by atoms with Crippen LogP contribution in [0.1, 0.15) is 38.5 Å². The topological polar surface area (TPSA) is 92.8 Å². The Labute approximate surface area is 178 Å². The molecule has 4 fully saturated rings. The molecule has 2 heterocycles. The monoisotopic (exact) mass is 423 g/mol. The summed E-state index contributed by atoms with van der Waals surface area (Å²) in [4.78, 5) is 20.6. The molecule has 7 rings (SSSR count). The number of fused-ring (bicyclic) bond motifs is 3. The third-order valence-electron chi connectivity index (χ3n) is 7.18. The number of aromatic nitrogens is 4. The van der Waals surface area contributed by atoms with E-state index >= 15 is 0 Å². The van der Waals surface area contributed by atoms with Crippen molar-refractivity contribution in [2.24, 2.45) is 17.8 Å². The van der Waals surface area contributed by atoms with Crippen LogP contribution < -0.4 is 10.1 Å². The molecule has 1 amide bonds. The Morgan fingerprint density at radius 3 is 2.63 bits per heavy atom. The summed E-state index contributed by atoms with van der Waals surface area (Å²) in [5, 5.41) is 13.5. The van der Waals surface area contributed by atoms with Crippen molar-refractivity contribution in [2.45, 2.75) is 49.2 Å². The molecule has 156 valence electrons. The Morgan fingerprint density at radius 2 is 1.93 bits per heavy atom. The molecule has 4 saturated carbocycles. The number of hydrogen-bond donors (Lipinski definition) is 2. The summed E-state index contributed by atoms with van der Waals surface area (Å²) in [6.07, 6.45) is 7.62. The fourth-order valence-electron chi connectivity index (χ4n) is 6.45. The molecule has 7 nitrogen and oxygen atoms in total. The van der Waals surface area contributed by atoms with Gasteiger partial charge in [-0.25, -0.2) is 4.98 Å². The SMILES string of the molecule is COc1ccc2[nH]c3nc(SCC(=O)NC45CC6CC(CC(C6)C4)C5)nnc3c2c1. The van der Waals surface area contributed by atoms with E-state index in [1.165, 1.54) is 50.3 Å². The van der Waals surface area contributed by atoms with Crippen LogP contribution in [0.5, 0.6) is 5.75 Å². The standard InChI is InChI=1S/C22H25N5O2S/c1-29-15-2-3-17-16(7-15)19-20(23-17)24-21(27-26-19)30-11-18(28)25-22-8-12-4-13(9-22)6-14(5-12)10-22/h2-3,7,12-14H,4-6,8-11H2,1H3,(H,25,28)(H,23,24,27). The molecule has 0 radical (unpaired) electrons. The van der Waals surface area contributed by atoms with E-state index in [9.17, 15) is 4.79 Å². The predicted octanol–water partition coefficient (Wildman–Crippen LogP) is 3.69. The lowest BCUT2D eigenvalue weighted by Gasteiger charge is -2.56. The molecule has 2 aromatic heterocycles. The van der Waals surface area contributed by atoms with E-state index in [1.54, 1.807) is 7.11 Å². The number of ether oxygens (including phenoxy) is 1. The van der Waals surface area contributed by atoms with Crippen LogP contribution in [0.3, 0.4) is 0 Å². The van der Waals surface area contributed by atoms with Gasteiger partial charge in [0, 0.05) is 16.4 Å². The number of rotatable bonds is 5. The zero-order valence-electron chi connectivity index (χ0n) is 17.0. The van der Waals surface area contributed by atoms with Gasteiger partial charge in [-0.2, -0.15) is 0 Å². The third kappa shape index (κ3) is 3.12. The van der Waals surface area contributed by atoms with Crippen molar-refractivity contribution in [3.63, 3.8) is 0 Å². The second-order valence-electron chi connectivity index (χ2n) is 9.36. The van der Waals surface area contributed by atoms with Crippen molar-refractivity contribution in [1.82, 2.24) is 25.5 Å². The number of aromatic amines is 1. The fourth-order valence-corrected chi connectivity index (χ4v) is 7.04. The maximum Gasteiger partial charge on any atom is 0.230 e. The van der Waals surface area contributed by atoms with E-state index in [-0.39, 0.29) is 11.4 Å². The predicted molar refractivity (Wildman–Crippen MR) is 116 cm³/mol. The molecular weight excluding hydrogens is 398 g/mol. The minimum Gasteiger partial charge on any atom is -0.497 e. The highest BCUT2D eigenvalue weighted by Gasteiger charge is 2.51. The number of hydrogen-bond acceptors (Lipinski definition) is 6. The lowest BCUT2D eigenvalue weighted by Crippen LogP contribution is -2.60. The number of methoxy groups -OCH3 is 1. The molecule has 0 atom stereocenters. The molecule has 4 aliphatic rings. The van der Waals surface area contributed by atoms with Crippen LogP contribution in [0.2, 0.25) is 0 Å². The zero-order valence-corrected chi connectivity index (χ0v) is 17.8. The van der Waals surface area contributed by atoms with E-state index in [4.69, 9.17) is 4.74 Å². The Kier molecular flexibility index (Phi) is 4.20. The summed E-state index contributed by atoms with van der Waals surface area (Å²) in [5.74, 6) is 3.64. The molecule has 4 bridgehead atoms. The Bertz CT molecular complexity index is 1110. The Morgan fingerprint density at radius 1 is 1.20 bits per heavy atom. The van der Waals surface area contributed by atoms with Crippen LogP contribution in [0.25, 0.3) is 22.1 Å². The van der Waals surface area contributed by atoms with Crippen LogP contribution in [-0.4, -0.2) is 44.5 Å². The highest BCUT2D eigenvalue weighted by atomic mass is 32.2. The summed E-state index contributed by atoms with van der Waals surface area (Å²) in [6.45, 7) is 0. The van der Waals surface area contributed by atoms with E-state index in [2.05, 4.69) is 25.5 Å².